The highest BCUT2D eigenvalue weighted by Gasteiger charge is 2.22. The maximum atomic E-state index is 11.0. The molecule has 1 fully saturated rings. The molecule has 0 saturated carbocycles. The highest BCUT2D eigenvalue weighted by molar-refractivity contribution is 5.75. The normalized spacial score (nSPS) is 19.3. The second-order valence-electron chi connectivity index (χ2n) is 5.25. The van der Waals surface area contributed by atoms with Crippen LogP contribution in [0.15, 0.2) is 0 Å². The lowest BCUT2D eigenvalue weighted by molar-refractivity contribution is -0.121. The summed E-state index contributed by atoms with van der Waals surface area (Å²) >= 11 is 0. The fraction of sp³-hybridized carbons (Fsp3) is 0.909. The van der Waals surface area contributed by atoms with Crippen LogP contribution >= 0.6 is 0 Å². The molecule has 1 amide bonds. The molecule has 0 radical (unpaired) electrons. The van der Waals surface area contributed by atoms with Crippen LogP contribution in [0.25, 0.3) is 0 Å². The second-order valence-corrected chi connectivity index (χ2v) is 5.25. The zero-order chi connectivity index (χ0) is 12.9. The number of nitrogens with zero attached hydrogens (tertiary/aromatic N) is 2. The van der Waals surface area contributed by atoms with Crippen molar-refractivity contribution in [3.05, 3.63) is 0 Å². The summed E-state index contributed by atoms with van der Waals surface area (Å²) in [7, 11) is 0. The van der Waals surface area contributed by atoms with Crippen molar-refractivity contribution in [1.82, 2.24) is 15.2 Å². The first-order chi connectivity index (χ1) is 7.90. The van der Waals surface area contributed by atoms with Crippen LogP contribution < -0.4 is 11.3 Å². The van der Waals surface area contributed by atoms with Gasteiger partial charge in [0.15, 0.2) is 0 Å². The van der Waals surface area contributed by atoms with Crippen molar-refractivity contribution < 1.29 is 9.90 Å². The van der Waals surface area contributed by atoms with Crippen molar-refractivity contribution in [3.8, 4) is 0 Å². The zero-order valence-corrected chi connectivity index (χ0v) is 10.8. The lowest BCUT2D eigenvalue weighted by Crippen LogP contribution is -2.51. The summed E-state index contributed by atoms with van der Waals surface area (Å²) in [6.07, 6.45) is 0.446. The summed E-state index contributed by atoms with van der Waals surface area (Å²) in [5.41, 5.74) is 1.50. The van der Waals surface area contributed by atoms with Gasteiger partial charge < -0.3 is 10.0 Å². The predicted molar refractivity (Wildman–Crippen MR) is 66.1 cm³/mol. The van der Waals surface area contributed by atoms with E-state index in [0.29, 0.717) is 13.0 Å². The van der Waals surface area contributed by atoms with Crippen LogP contribution in [0, 0.1) is 0 Å². The molecule has 0 spiro atoms. The fourth-order valence-electron chi connectivity index (χ4n) is 2.05. The number of nitrogens with one attached hydrogen (secondary N) is 1. The molecule has 1 aliphatic rings. The van der Waals surface area contributed by atoms with E-state index in [1.807, 2.05) is 13.8 Å². The third kappa shape index (κ3) is 5.97. The van der Waals surface area contributed by atoms with Crippen molar-refractivity contribution in [2.24, 2.45) is 5.84 Å². The van der Waals surface area contributed by atoms with E-state index in [0.717, 1.165) is 32.7 Å². The largest absolute Gasteiger partial charge is 0.389 e. The molecule has 17 heavy (non-hydrogen) atoms. The number of aliphatic hydroxyl groups is 1. The van der Waals surface area contributed by atoms with Crippen LogP contribution in [0.2, 0.25) is 0 Å². The minimum absolute atomic E-state index is 0.121. The first kappa shape index (κ1) is 14.4. The number of amides is 1. The van der Waals surface area contributed by atoms with Crippen LogP contribution in [0.4, 0.5) is 0 Å². The Morgan fingerprint density at radius 2 is 1.82 bits per heavy atom. The Morgan fingerprint density at radius 3 is 2.29 bits per heavy atom. The Morgan fingerprint density at radius 1 is 1.29 bits per heavy atom. The Labute approximate surface area is 103 Å². The van der Waals surface area contributed by atoms with Gasteiger partial charge in [-0.2, -0.15) is 0 Å². The molecular formula is C11H24N4O2. The number of carbonyl (C=O) groups is 1. The number of hydrazine groups is 1. The van der Waals surface area contributed by atoms with Crippen LogP contribution in [0.5, 0.6) is 0 Å². The summed E-state index contributed by atoms with van der Waals surface area (Å²) in [4.78, 5) is 15.5. The average Bonchev–Trinajstić information content (AvgIpc) is 2.25. The number of carbonyl (C=O) groups excluding carboxylic acids is 1. The van der Waals surface area contributed by atoms with E-state index < -0.39 is 5.60 Å². The van der Waals surface area contributed by atoms with E-state index in [9.17, 15) is 9.90 Å². The van der Waals surface area contributed by atoms with Crippen LogP contribution in [0.3, 0.4) is 0 Å². The lowest BCUT2D eigenvalue weighted by Gasteiger charge is -2.37. The number of nitrogens with two attached hydrogens (primary N) is 1. The quantitative estimate of drug-likeness (QED) is 0.320. The van der Waals surface area contributed by atoms with Gasteiger partial charge >= 0.3 is 0 Å². The number of hydrogen-bond donors (Lipinski definition) is 3. The average molecular weight is 244 g/mol. The van der Waals surface area contributed by atoms with Crippen molar-refractivity contribution in [1.29, 1.82) is 0 Å². The highest BCUT2D eigenvalue weighted by atomic mass is 16.3. The smallest absolute Gasteiger partial charge is 0.235 e. The Balaban J connectivity index is 2.19. The summed E-state index contributed by atoms with van der Waals surface area (Å²) in [6.45, 7) is 8.85. The standard InChI is InChI=1S/C11H24N4O2/c1-11(2,17)9-15-7-5-14(6-8-15)4-3-10(16)13-12/h17H,3-9,12H2,1-2H3,(H,13,16). The molecule has 0 unspecified atom stereocenters. The summed E-state index contributed by atoms with van der Waals surface area (Å²) in [5, 5.41) is 9.72. The van der Waals surface area contributed by atoms with Crippen molar-refractivity contribution >= 4 is 5.91 Å². The first-order valence-corrected chi connectivity index (χ1v) is 6.07. The molecule has 4 N–H and O–H groups in total. The van der Waals surface area contributed by atoms with E-state index in [-0.39, 0.29) is 5.91 Å². The molecule has 0 aliphatic carbocycles. The van der Waals surface area contributed by atoms with Crippen LogP contribution in [0.1, 0.15) is 20.3 Å². The third-order valence-corrected chi connectivity index (χ3v) is 2.89. The van der Waals surface area contributed by atoms with Crippen molar-refractivity contribution in [3.63, 3.8) is 0 Å². The van der Waals surface area contributed by atoms with Crippen molar-refractivity contribution in [2.75, 3.05) is 39.3 Å². The van der Waals surface area contributed by atoms with E-state index >= 15 is 0 Å². The van der Waals surface area contributed by atoms with Gasteiger partial charge in [-0.15, -0.1) is 0 Å². The monoisotopic (exact) mass is 244 g/mol. The van der Waals surface area contributed by atoms with E-state index in [1.54, 1.807) is 0 Å². The third-order valence-electron chi connectivity index (χ3n) is 2.89. The first-order valence-electron chi connectivity index (χ1n) is 6.07. The van der Waals surface area contributed by atoms with Gasteiger partial charge in [0.25, 0.3) is 0 Å². The molecule has 0 bridgehead atoms. The molecule has 6 heteroatoms. The minimum Gasteiger partial charge on any atom is -0.389 e. The van der Waals surface area contributed by atoms with E-state index in [2.05, 4.69) is 15.2 Å². The Hall–Kier alpha value is -0.690. The lowest BCUT2D eigenvalue weighted by atomic mass is 10.1. The molecule has 0 aromatic rings. The number of β-amino-alcohol motifs (C(OH)–C–C–N with tert-alkyl or cyclic N) is 1. The van der Waals surface area contributed by atoms with Crippen molar-refractivity contribution in [2.45, 2.75) is 25.9 Å². The molecule has 1 rings (SSSR count). The predicted octanol–water partition coefficient (Wildman–Crippen LogP) is -1.25. The van der Waals surface area contributed by atoms with Gasteiger partial charge in [-0.1, -0.05) is 0 Å². The van der Waals surface area contributed by atoms with Crippen LogP contribution in [-0.4, -0.2) is 65.7 Å². The van der Waals surface area contributed by atoms with Gasteiger partial charge in [0.2, 0.25) is 5.91 Å². The van der Waals surface area contributed by atoms with E-state index in [1.165, 1.54) is 0 Å². The molecule has 1 heterocycles. The van der Waals surface area contributed by atoms with Gasteiger partial charge in [0.1, 0.15) is 0 Å². The molecule has 100 valence electrons. The maximum Gasteiger partial charge on any atom is 0.235 e. The van der Waals surface area contributed by atoms with Gasteiger partial charge in [-0.05, 0) is 13.8 Å². The van der Waals surface area contributed by atoms with Gasteiger partial charge in [-0.25, -0.2) is 5.84 Å². The fourth-order valence-corrected chi connectivity index (χ4v) is 2.05. The van der Waals surface area contributed by atoms with E-state index in [4.69, 9.17) is 5.84 Å². The molecule has 0 aromatic carbocycles. The molecule has 1 saturated heterocycles. The number of rotatable bonds is 5. The summed E-state index contributed by atoms with van der Waals surface area (Å²) in [5.74, 6) is 4.90. The summed E-state index contributed by atoms with van der Waals surface area (Å²) in [6, 6.07) is 0. The molecule has 0 atom stereocenters. The molecular weight excluding hydrogens is 220 g/mol. The second kappa shape index (κ2) is 6.30. The van der Waals surface area contributed by atoms with Crippen LogP contribution in [-0.2, 0) is 4.79 Å². The zero-order valence-electron chi connectivity index (χ0n) is 10.8. The highest BCUT2D eigenvalue weighted by Crippen LogP contribution is 2.08. The van der Waals surface area contributed by atoms with Gasteiger partial charge in [0, 0.05) is 45.7 Å². The SMILES string of the molecule is CC(C)(O)CN1CCN(CCC(=O)NN)CC1. The molecule has 6 nitrogen and oxygen atoms in total. The molecule has 1 aliphatic heterocycles. The maximum absolute atomic E-state index is 11.0. The number of piperazine rings is 1. The van der Waals surface area contributed by atoms with Gasteiger partial charge in [-0.3, -0.25) is 15.1 Å². The summed E-state index contributed by atoms with van der Waals surface area (Å²) < 4.78 is 0. The minimum atomic E-state index is -0.637. The Bertz CT molecular complexity index is 244. The Kier molecular flexibility index (Phi) is 5.32. The molecule has 0 aromatic heterocycles. The van der Waals surface area contributed by atoms with Gasteiger partial charge in [0.05, 0.1) is 5.60 Å². The topological polar surface area (TPSA) is 81.8 Å². The number of hydrogen-bond acceptors (Lipinski definition) is 5.